The van der Waals surface area contributed by atoms with E-state index in [1.165, 1.54) is 4.31 Å². The smallest absolute Gasteiger partial charge is 0.264 e. The Labute approximate surface area is 229 Å². The largest absolute Gasteiger partial charge is 0.483 e. The number of piperazine rings is 1. The zero-order valence-electron chi connectivity index (χ0n) is 21.7. The lowest BCUT2D eigenvalue weighted by atomic mass is 10.0. The molecule has 0 bridgehead atoms. The normalized spacial score (nSPS) is 15.8. The molecule has 0 unspecified atom stereocenters. The van der Waals surface area contributed by atoms with Gasteiger partial charge in [-0.1, -0.05) is 35.9 Å². The number of rotatable bonds is 6. The number of hydrogen-bond acceptors (Lipinski definition) is 5. The number of fused-ring (bicyclic) bond motifs is 1. The molecule has 1 saturated heterocycles. The third kappa shape index (κ3) is 5.33. The Kier molecular flexibility index (Phi) is 7.54. The molecule has 2 aliphatic heterocycles. The fourth-order valence-corrected chi connectivity index (χ4v) is 6.96. The highest BCUT2D eigenvalue weighted by Gasteiger charge is 2.29. The molecule has 9 heteroatoms. The van der Waals surface area contributed by atoms with Crippen LogP contribution in [0.25, 0.3) is 0 Å². The van der Waals surface area contributed by atoms with Crippen LogP contribution in [0, 0.1) is 13.8 Å². The highest BCUT2D eigenvalue weighted by atomic mass is 35.5. The van der Waals surface area contributed by atoms with Crippen molar-refractivity contribution in [3.05, 3.63) is 82.4 Å². The van der Waals surface area contributed by atoms with E-state index in [-0.39, 0.29) is 17.4 Å². The summed E-state index contributed by atoms with van der Waals surface area (Å²) < 4.78 is 34.3. The van der Waals surface area contributed by atoms with Crippen molar-refractivity contribution in [2.75, 3.05) is 48.5 Å². The van der Waals surface area contributed by atoms with Crippen molar-refractivity contribution >= 4 is 38.9 Å². The molecule has 0 spiro atoms. The number of amides is 1. The Balaban J connectivity index is 1.20. The zero-order valence-corrected chi connectivity index (χ0v) is 23.3. The number of hydrogen-bond donors (Lipinski definition) is 0. The van der Waals surface area contributed by atoms with Gasteiger partial charge in [0.2, 0.25) is 0 Å². The van der Waals surface area contributed by atoms with Gasteiger partial charge in [0.15, 0.2) is 6.61 Å². The average Bonchev–Trinajstić information content (AvgIpc) is 2.93. The van der Waals surface area contributed by atoms with E-state index >= 15 is 0 Å². The molecule has 0 aromatic heterocycles. The average molecular weight is 554 g/mol. The van der Waals surface area contributed by atoms with Gasteiger partial charge in [-0.3, -0.25) is 9.10 Å². The van der Waals surface area contributed by atoms with Gasteiger partial charge in [-0.15, -0.1) is 0 Å². The predicted octanol–water partition coefficient (Wildman–Crippen LogP) is 4.83. The lowest BCUT2D eigenvalue weighted by Crippen LogP contribution is -2.50. The monoisotopic (exact) mass is 553 g/mol. The Morgan fingerprint density at radius 3 is 2.42 bits per heavy atom. The fraction of sp³-hybridized carbons (Fsp3) is 0.345. The molecule has 2 aliphatic rings. The van der Waals surface area contributed by atoms with Gasteiger partial charge in [-0.2, -0.15) is 0 Å². The highest BCUT2D eigenvalue weighted by molar-refractivity contribution is 7.92. The van der Waals surface area contributed by atoms with Gasteiger partial charge in [0.25, 0.3) is 15.9 Å². The maximum atomic E-state index is 13.5. The first-order chi connectivity index (χ1) is 18.2. The lowest BCUT2D eigenvalue weighted by Gasteiger charge is -2.36. The van der Waals surface area contributed by atoms with Crippen molar-refractivity contribution in [3.63, 3.8) is 0 Å². The Bertz CT molecular complexity index is 1450. The van der Waals surface area contributed by atoms with Crippen LogP contribution in [-0.4, -0.2) is 58.6 Å². The summed E-state index contributed by atoms with van der Waals surface area (Å²) in [5, 5.41) is 0.701. The van der Waals surface area contributed by atoms with E-state index in [1.54, 1.807) is 30.0 Å². The molecule has 38 heavy (non-hydrogen) atoms. The number of benzene rings is 3. The van der Waals surface area contributed by atoms with E-state index in [4.69, 9.17) is 16.3 Å². The molecule has 1 amide bonds. The van der Waals surface area contributed by atoms with Crippen LogP contribution in [-0.2, 0) is 21.2 Å². The number of para-hydroxylation sites is 1. The molecule has 1 fully saturated rings. The van der Waals surface area contributed by atoms with E-state index in [9.17, 15) is 13.2 Å². The molecular formula is C29H32ClN3O4S. The predicted molar refractivity (Wildman–Crippen MR) is 151 cm³/mol. The van der Waals surface area contributed by atoms with Crippen molar-refractivity contribution < 1.29 is 17.9 Å². The number of nitrogens with zero attached hydrogens (tertiary/aromatic N) is 3. The van der Waals surface area contributed by atoms with E-state index in [2.05, 4.69) is 11.8 Å². The number of aryl methyl sites for hydroxylation is 3. The molecule has 2 heterocycles. The van der Waals surface area contributed by atoms with Crippen molar-refractivity contribution in [3.8, 4) is 5.75 Å². The minimum Gasteiger partial charge on any atom is -0.483 e. The van der Waals surface area contributed by atoms with E-state index in [0.29, 0.717) is 36.0 Å². The summed E-state index contributed by atoms with van der Waals surface area (Å²) in [5.41, 5.74) is 4.71. The van der Waals surface area contributed by atoms with Crippen molar-refractivity contribution in [2.24, 2.45) is 0 Å². The molecule has 5 rings (SSSR count). The summed E-state index contributed by atoms with van der Waals surface area (Å²) in [6.07, 6.45) is 1.66. The van der Waals surface area contributed by atoms with Gasteiger partial charge in [-0.05, 0) is 79.8 Å². The van der Waals surface area contributed by atoms with Crippen LogP contribution in [0.2, 0.25) is 5.02 Å². The molecule has 3 aromatic rings. The molecule has 0 N–H and O–H groups in total. The van der Waals surface area contributed by atoms with Crippen LogP contribution < -0.4 is 13.9 Å². The third-order valence-electron chi connectivity index (χ3n) is 7.30. The number of halogens is 1. The quantitative estimate of drug-likeness (QED) is 0.437. The first-order valence-corrected chi connectivity index (χ1v) is 14.7. The highest BCUT2D eigenvalue weighted by Crippen LogP contribution is 2.33. The second-order valence-electron chi connectivity index (χ2n) is 9.82. The third-order valence-corrected chi connectivity index (χ3v) is 9.34. The summed E-state index contributed by atoms with van der Waals surface area (Å²) in [6.45, 7) is 6.85. The van der Waals surface area contributed by atoms with Crippen LogP contribution in [0.15, 0.2) is 65.6 Å². The van der Waals surface area contributed by atoms with Gasteiger partial charge < -0.3 is 14.5 Å². The SMILES string of the molecule is Cc1cc(S(=O)(=O)N2CCCc3ccccc32)ccc1OCC(=O)N1CCN(c2cc(Cl)ccc2C)CC1. The number of carbonyl (C=O) groups excluding carboxylic acids is 1. The van der Waals surface area contributed by atoms with Gasteiger partial charge >= 0.3 is 0 Å². The van der Waals surface area contributed by atoms with Crippen LogP contribution in [0.3, 0.4) is 0 Å². The summed E-state index contributed by atoms with van der Waals surface area (Å²) in [6, 6.07) is 18.3. The van der Waals surface area contributed by atoms with Crippen LogP contribution >= 0.6 is 11.6 Å². The number of sulfonamides is 1. The van der Waals surface area contributed by atoms with Crippen molar-refractivity contribution in [1.29, 1.82) is 0 Å². The molecule has 200 valence electrons. The standard InChI is InChI=1S/C29H32ClN3O4S/c1-21-9-10-24(30)19-27(21)31-14-16-32(17-15-31)29(34)20-37-28-12-11-25(18-22(28)2)38(35,36)33-13-5-7-23-6-3-4-8-26(23)33/h3-4,6,8-12,18-19H,5,7,13-17,20H2,1-2H3. The van der Waals surface area contributed by atoms with E-state index in [1.807, 2.05) is 42.5 Å². The summed E-state index contributed by atoms with van der Waals surface area (Å²) in [4.78, 5) is 17.1. The molecule has 3 aromatic carbocycles. The maximum Gasteiger partial charge on any atom is 0.264 e. The molecule has 0 saturated carbocycles. The first-order valence-electron chi connectivity index (χ1n) is 12.9. The molecule has 0 radical (unpaired) electrons. The van der Waals surface area contributed by atoms with Crippen LogP contribution in [0.1, 0.15) is 23.1 Å². The lowest BCUT2D eigenvalue weighted by molar-refractivity contribution is -0.133. The van der Waals surface area contributed by atoms with Crippen LogP contribution in [0.5, 0.6) is 5.75 Å². The second kappa shape index (κ2) is 10.9. The van der Waals surface area contributed by atoms with Gasteiger partial charge in [-0.25, -0.2) is 8.42 Å². The van der Waals surface area contributed by atoms with E-state index < -0.39 is 10.0 Å². The minimum atomic E-state index is -3.71. The first kappa shape index (κ1) is 26.4. The fourth-order valence-electron chi connectivity index (χ4n) is 5.17. The van der Waals surface area contributed by atoms with Crippen molar-refractivity contribution in [1.82, 2.24) is 4.90 Å². The van der Waals surface area contributed by atoms with Crippen molar-refractivity contribution in [2.45, 2.75) is 31.6 Å². The molecule has 7 nitrogen and oxygen atoms in total. The van der Waals surface area contributed by atoms with E-state index in [0.717, 1.165) is 48.4 Å². The summed E-state index contributed by atoms with van der Waals surface area (Å²) in [5.74, 6) is 0.415. The van der Waals surface area contributed by atoms with Gasteiger partial charge in [0.05, 0.1) is 10.6 Å². The molecule has 0 atom stereocenters. The minimum absolute atomic E-state index is 0.0894. The van der Waals surface area contributed by atoms with Gasteiger partial charge in [0.1, 0.15) is 5.75 Å². The number of ether oxygens (including phenoxy) is 1. The summed E-state index contributed by atoms with van der Waals surface area (Å²) >= 11 is 6.18. The Morgan fingerprint density at radius 2 is 1.66 bits per heavy atom. The number of carbonyl (C=O) groups is 1. The molecule has 0 aliphatic carbocycles. The Morgan fingerprint density at radius 1 is 0.895 bits per heavy atom. The second-order valence-corrected chi connectivity index (χ2v) is 12.1. The van der Waals surface area contributed by atoms with Crippen LogP contribution in [0.4, 0.5) is 11.4 Å². The number of anilines is 2. The van der Waals surface area contributed by atoms with Gasteiger partial charge in [0, 0.05) is 43.4 Å². The summed E-state index contributed by atoms with van der Waals surface area (Å²) in [7, 11) is -3.71. The topological polar surface area (TPSA) is 70.2 Å². The zero-order chi connectivity index (χ0) is 26.9. The molecular weight excluding hydrogens is 522 g/mol. The maximum absolute atomic E-state index is 13.5. The Hall–Kier alpha value is -3.23.